The third-order valence-corrected chi connectivity index (χ3v) is 3.91. The van der Waals surface area contributed by atoms with Gasteiger partial charge in [0, 0.05) is 30.2 Å². The van der Waals surface area contributed by atoms with Gasteiger partial charge in [-0.3, -0.25) is 4.79 Å². The van der Waals surface area contributed by atoms with Gasteiger partial charge in [0.2, 0.25) is 5.91 Å². The number of likely N-dealkylation sites (N-methyl/N-ethyl adjacent to an activating group) is 1. The van der Waals surface area contributed by atoms with Crippen molar-refractivity contribution in [1.29, 1.82) is 0 Å². The van der Waals surface area contributed by atoms with E-state index in [-0.39, 0.29) is 5.91 Å². The smallest absolute Gasteiger partial charge is 0.249 e. The largest absolute Gasteiger partial charge is 0.492 e. The number of benzene rings is 1. The Morgan fingerprint density at radius 2 is 2.00 bits per heavy atom. The fraction of sp³-hybridized carbons (Fsp3) is 0.400. The van der Waals surface area contributed by atoms with Gasteiger partial charge in [-0.05, 0) is 36.8 Å². The maximum Gasteiger partial charge on any atom is 0.249 e. The van der Waals surface area contributed by atoms with Crippen LogP contribution in [0.15, 0.2) is 39.9 Å². The Morgan fingerprint density at radius 1 is 1.35 bits per heavy atom. The Kier molecular flexibility index (Phi) is 5.20. The van der Waals surface area contributed by atoms with Crippen LogP contribution in [0.2, 0.25) is 0 Å². The Hall–Kier alpha value is -1.33. The molecule has 0 saturated carbocycles. The average molecular weight is 339 g/mol. The Bertz CT molecular complexity index is 505. The van der Waals surface area contributed by atoms with Crippen molar-refractivity contribution < 1.29 is 9.53 Å². The lowest BCUT2D eigenvalue weighted by molar-refractivity contribution is -0.126. The van der Waals surface area contributed by atoms with Crippen LogP contribution in [0.5, 0.6) is 5.75 Å². The zero-order valence-corrected chi connectivity index (χ0v) is 13.4. The van der Waals surface area contributed by atoms with Crippen molar-refractivity contribution in [2.75, 3.05) is 33.3 Å². The van der Waals surface area contributed by atoms with Crippen molar-refractivity contribution in [1.82, 2.24) is 10.2 Å². The highest BCUT2D eigenvalue weighted by Crippen LogP contribution is 2.16. The van der Waals surface area contributed by atoms with Gasteiger partial charge >= 0.3 is 0 Å². The molecular formula is C15H19BrN2O2. The Morgan fingerprint density at radius 3 is 2.55 bits per heavy atom. The molecule has 0 bridgehead atoms. The molecule has 20 heavy (non-hydrogen) atoms. The molecule has 1 aliphatic heterocycles. The summed E-state index contributed by atoms with van der Waals surface area (Å²) in [5, 5.41) is 3.15. The van der Waals surface area contributed by atoms with Crippen LogP contribution in [0.25, 0.3) is 0 Å². The summed E-state index contributed by atoms with van der Waals surface area (Å²) in [6.07, 6.45) is 0. The van der Waals surface area contributed by atoms with Gasteiger partial charge in [-0.1, -0.05) is 15.9 Å². The molecule has 0 unspecified atom stereocenters. The third-order valence-electron chi connectivity index (χ3n) is 3.38. The average Bonchev–Trinajstić information content (AvgIpc) is 2.38. The number of amides is 1. The van der Waals surface area contributed by atoms with Gasteiger partial charge in [-0.15, -0.1) is 0 Å². The molecule has 1 N–H and O–H groups in total. The fourth-order valence-corrected chi connectivity index (χ4v) is 2.15. The second-order valence-electron chi connectivity index (χ2n) is 4.86. The van der Waals surface area contributed by atoms with Crippen molar-refractivity contribution in [3.05, 3.63) is 39.9 Å². The molecule has 1 saturated heterocycles. The molecule has 0 aromatic heterocycles. The summed E-state index contributed by atoms with van der Waals surface area (Å²) in [6.45, 7) is 4.63. The van der Waals surface area contributed by atoms with Crippen molar-refractivity contribution in [2.45, 2.75) is 6.92 Å². The summed E-state index contributed by atoms with van der Waals surface area (Å²) < 4.78 is 6.64. The monoisotopic (exact) mass is 338 g/mol. The summed E-state index contributed by atoms with van der Waals surface area (Å²) in [5.41, 5.74) is 2.06. The van der Waals surface area contributed by atoms with Crippen molar-refractivity contribution in [3.63, 3.8) is 0 Å². The molecule has 0 aliphatic carbocycles. The molecule has 0 atom stereocenters. The molecule has 0 spiro atoms. The lowest BCUT2D eigenvalue weighted by Gasteiger charge is -2.24. The zero-order chi connectivity index (χ0) is 14.5. The molecule has 2 rings (SSSR count). The number of carbonyl (C=O) groups excluding carboxylic acids is 1. The maximum absolute atomic E-state index is 12.1. The molecule has 1 aromatic rings. The van der Waals surface area contributed by atoms with Crippen molar-refractivity contribution in [3.8, 4) is 5.75 Å². The van der Waals surface area contributed by atoms with Crippen LogP contribution in [0.1, 0.15) is 6.92 Å². The number of nitrogens with one attached hydrogen (secondary N) is 1. The van der Waals surface area contributed by atoms with E-state index < -0.39 is 0 Å². The lowest BCUT2D eigenvalue weighted by atomic mass is 10.0. The van der Waals surface area contributed by atoms with E-state index in [9.17, 15) is 4.79 Å². The van der Waals surface area contributed by atoms with Crippen LogP contribution in [-0.2, 0) is 4.79 Å². The highest BCUT2D eigenvalue weighted by atomic mass is 79.9. The molecule has 1 aliphatic rings. The van der Waals surface area contributed by atoms with Crippen LogP contribution in [0.3, 0.4) is 0 Å². The maximum atomic E-state index is 12.1. The van der Waals surface area contributed by atoms with Gasteiger partial charge in [0.25, 0.3) is 0 Å². The van der Waals surface area contributed by atoms with E-state index in [1.807, 2.05) is 38.2 Å². The zero-order valence-electron chi connectivity index (χ0n) is 11.8. The summed E-state index contributed by atoms with van der Waals surface area (Å²) in [5.74, 6) is 0.897. The number of ether oxygens (including phenoxy) is 1. The number of hydrogen-bond acceptors (Lipinski definition) is 3. The predicted molar refractivity (Wildman–Crippen MR) is 82.8 cm³/mol. The lowest BCUT2D eigenvalue weighted by Crippen LogP contribution is -2.39. The second-order valence-corrected chi connectivity index (χ2v) is 5.78. The normalized spacial score (nSPS) is 13.7. The topological polar surface area (TPSA) is 41.6 Å². The number of rotatable bonds is 5. The molecular weight excluding hydrogens is 320 g/mol. The summed E-state index contributed by atoms with van der Waals surface area (Å²) in [4.78, 5) is 13.9. The molecule has 1 fully saturated rings. The molecule has 1 amide bonds. The van der Waals surface area contributed by atoms with Crippen molar-refractivity contribution >= 4 is 21.8 Å². The van der Waals surface area contributed by atoms with Gasteiger partial charge in [0.1, 0.15) is 12.4 Å². The quantitative estimate of drug-likeness (QED) is 0.837. The highest BCUT2D eigenvalue weighted by Gasteiger charge is 2.18. The minimum Gasteiger partial charge on any atom is -0.492 e. The van der Waals surface area contributed by atoms with Gasteiger partial charge in [0.15, 0.2) is 0 Å². The number of carbonyl (C=O) groups is 1. The van der Waals surface area contributed by atoms with Crippen LogP contribution in [0.4, 0.5) is 0 Å². The molecule has 0 radical (unpaired) electrons. The summed E-state index contributed by atoms with van der Waals surface area (Å²) in [6, 6.07) is 7.67. The Labute approximate surface area is 127 Å². The van der Waals surface area contributed by atoms with Gasteiger partial charge in [0.05, 0.1) is 6.54 Å². The van der Waals surface area contributed by atoms with Crippen LogP contribution < -0.4 is 10.1 Å². The molecule has 1 heterocycles. The van der Waals surface area contributed by atoms with Gasteiger partial charge < -0.3 is 15.0 Å². The van der Waals surface area contributed by atoms with Crippen LogP contribution in [0, 0.1) is 0 Å². The number of nitrogens with zero attached hydrogens (tertiary/aromatic N) is 1. The van der Waals surface area contributed by atoms with Gasteiger partial charge in [-0.25, -0.2) is 0 Å². The first-order chi connectivity index (χ1) is 9.58. The minimum atomic E-state index is 0.0842. The van der Waals surface area contributed by atoms with Crippen molar-refractivity contribution in [2.24, 2.45) is 0 Å². The van der Waals surface area contributed by atoms with Crippen LogP contribution >= 0.6 is 15.9 Å². The SMILES string of the molecule is CC(C(=O)N(C)CCOc1ccc(Br)cc1)=C1CNC1. The fourth-order valence-electron chi connectivity index (χ4n) is 1.89. The molecule has 108 valence electrons. The number of hydrogen-bond donors (Lipinski definition) is 1. The third kappa shape index (κ3) is 3.84. The first kappa shape index (κ1) is 15.1. The first-order valence-electron chi connectivity index (χ1n) is 6.61. The van der Waals surface area contributed by atoms with Crippen LogP contribution in [-0.4, -0.2) is 44.1 Å². The number of halogens is 1. The first-order valence-corrected chi connectivity index (χ1v) is 7.40. The summed E-state index contributed by atoms with van der Waals surface area (Å²) in [7, 11) is 1.81. The van der Waals surface area contributed by atoms with E-state index >= 15 is 0 Å². The summed E-state index contributed by atoms with van der Waals surface area (Å²) >= 11 is 3.38. The van der Waals surface area contributed by atoms with E-state index in [4.69, 9.17) is 4.74 Å². The van der Waals surface area contributed by atoms with E-state index in [0.29, 0.717) is 13.2 Å². The molecule has 1 aromatic carbocycles. The van der Waals surface area contributed by atoms with E-state index in [1.165, 1.54) is 5.57 Å². The van der Waals surface area contributed by atoms with Gasteiger partial charge in [-0.2, -0.15) is 0 Å². The second kappa shape index (κ2) is 6.90. The molecule has 4 nitrogen and oxygen atoms in total. The predicted octanol–water partition coefficient (Wildman–Crippen LogP) is 2.21. The van der Waals surface area contributed by atoms with E-state index in [2.05, 4.69) is 21.2 Å². The minimum absolute atomic E-state index is 0.0842. The standard InChI is InChI=1S/C15H19BrN2O2/c1-11(12-9-17-10-12)15(19)18(2)7-8-20-14-5-3-13(16)4-6-14/h3-6,17H,7-10H2,1-2H3. The highest BCUT2D eigenvalue weighted by molar-refractivity contribution is 9.10. The van der Waals surface area contributed by atoms with E-state index in [0.717, 1.165) is 28.9 Å². The van der Waals surface area contributed by atoms with E-state index in [1.54, 1.807) is 4.90 Å². The Balaban J connectivity index is 1.78. The molecule has 5 heteroatoms.